The first-order valence-electron chi connectivity index (χ1n) is 8.64. The van der Waals surface area contributed by atoms with Crippen LogP contribution in [0, 0.1) is 5.92 Å². The third-order valence-electron chi connectivity index (χ3n) is 4.65. The van der Waals surface area contributed by atoms with Crippen molar-refractivity contribution >= 4 is 5.97 Å². The maximum absolute atomic E-state index is 11.9. The molecule has 1 aliphatic rings. The number of piperidine rings is 1. The molecule has 1 aromatic rings. The van der Waals surface area contributed by atoms with E-state index in [1.165, 1.54) is 5.56 Å². The minimum atomic E-state index is -0.131. The van der Waals surface area contributed by atoms with Gasteiger partial charge in [0.2, 0.25) is 0 Å². The molecule has 0 radical (unpaired) electrons. The van der Waals surface area contributed by atoms with Crippen LogP contribution in [-0.4, -0.2) is 51.9 Å². The van der Waals surface area contributed by atoms with E-state index in [4.69, 9.17) is 14.2 Å². The summed E-state index contributed by atoms with van der Waals surface area (Å²) in [6.07, 6.45) is 3.34. The maximum Gasteiger partial charge on any atom is 0.305 e. The molecule has 0 bridgehead atoms. The Balaban J connectivity index is 1.96. The number of nitrogens with zero attached hydrogens (tertiary/aromatic N) is 1. The first-order valence-corrected chi connectivity index (χ1v) is 8.64. The lowest BCUT2D eigenvalue weighted by Gasteiger charge is -2.39. The smallest absolute Gasteiger partial charge is 0.305 e. The van der Waals surface area contributed by atoms with Gasteiger partial charge < -0.3 is 14.2 Å². The van der Waals surface area contributed by atoms with Gasteiger partial charge in [-0.05, 0) is 50.6 Å². The van der Waals surface area contributed by atoms with Crippen LogP contribution in [0.4, 0.5) is 0 Å². The van der Waals surface area contributed by atoms with Gasteiger partial charge in [0.15, 0.2) is 0 Å². The average Bonchev–Trinajstić information content (AvgIpc) is 2.60. The molecule has 5 heteroatoms. The van der Waals surface area contributed by atoms with Crippen LogP contribution in [0.3, 0.4) is 0 Å². The number of carbonyl (C=O) groups excluding carboxylic acids is 1. The van der Waals surface area contributed by atoms with Crippen molar-refractivity contribution in [2.45, 2.75) is 31.7 Å². The Bertz CT molecular complexity index is 503. The fourth-order valence-electron chi connectivity index (χ4n) is 3.39. The summed E-state index contributed by atoms with van der Waals surface area (Å²) in [4.78, 5) is 14.2. The van der Waals surface area contributed by atoms with Gasteiger partial charge in [0.05, 0.1) is 13.7 Å². The number of hydrogen-bond acceptors (Lipinski definition) is 5. The number of rotatable bonds is 8. The van der Waals surface area contributed by atoms with E-state index < -0.39 is 0 Å². The molecule has 2 atom stereocenters. The second-order valence-electron chi connectivity index (χ2n) is 6.38. The first-order chi connectivity index (χ1) is 11.7. The standard InChI is InChI=1S/C19H29NO4/c1-20-12-4-6-16(14-24-18(21)7-5-13-22-2)19(20)15-8-10-17(23-3)11-9-15/h8-11,16,19H,4-7,12-14H2,1-3H3. The fourth-order valence-corrected chi connectivity index (χ4v) is 3.39. The molecular formula is C19H29NO4. The molecule has 0 aliphatic carbocycles. The number of likely N-dealkylation sites (tertiary alicyclic amines) is 1. The molecule has 2 rings (SSSR count). The predicted molar refractivity (Wildman–Crippen MR) is 93.2 cm³/mol. The molecule has 1 aliphatic heterocycles. The summed E-state index contributed by atoms with van der Waals surface area (Å²) in [5.41, 5.74) is 1.25. The lowest BCUT2D eigenvalue weighted by molar-refractivity contribution is -0.146. The molecule has 0 N–H and O–H groups in total. The number of esters is 1. The van der Waals surface area contributed by atoms with Gasteiger partial charge in [0, 0.05) is 32.1 Å². The number of benzene rings is 1. The number of ether oxygens (including phenoxy) is 3. The Kier molecular flexibility index (Phi) is 7.53. The van der Waals surface area contributed by atoms with E-state index in [0.29, 0.717) is 32.0 Å². The molecule has 24 heavy (non-hydrogen) atoms. The molecule has 0 aromatic heterocycles. The van der Waals surface area contributed by atoms with Gasteiger partial charge >= 0.3 is 5.97 Å². The minimum Gasteiger partial charge on any atom is -0.497 e. The second kappa shape index (κ2) is 9.64. The summed E-state index contributed by atoms with van der Waals surface area (Å²) in [5, 5.41) is 0. The van der Waals surface area contributed by atoms with Crippen LogP contribution < -0.4 is 4.74 Å². The van der Waals surface area contributed by atoms with E-state index in [1.807, 2.05) is 12.1 Å². The van der Waals surface area contributed by atoms with Crippen molar-refractivity contribution in [3.63, 3.8) is 0 Å². The highest BCUT2D eigenvalue weighted by molar-refractivity contribution is 5.69. The monoisotopic (exact) mass is 335 g/mol. The van der Waals surface area contributed by atoms with Crippen molar-refractivity contribution in [1.29, 1.82) is 0 Å². The molecule has 1 fully saturated rings. The van der Waals surface area contributed by atoms with Gasteiger partial charge in [-0.25, -0.2) is 0 Å². The first kappa shape index (κ1) is 18.7. The average molecular weight is 335 g/mol. The summed E-state index contributed by atoms with van der Waals surface area (Å²) in [7, 11) is 5.46. The quantitative estimate of drug-likeness (QED) is 0.540. The van der Waals surface area contributed by atoms with Crippen molar-refractivity contribution < 1.29 is 19.0 Å². The van der Waals surface area contributed by atoms with Gasteiger partial charge in [0.25, 0.3) is 0 Å². The molecule has 2 unspecified atom stereocenters. The zero-order valence-electron chi connectivity index (χ0n) is 15.0. The van der Waals surface area contributed by atoms with Crippen LogP contribution in [0.2, 0.25) is 0 Å². The van der Waals surface area contributed by atoms with Crippen molar-refractivity contribution in [3.05, 3.63) is 29.8 Å². The predicted octanol–water partition coefficient (Wildman–Crippen LogP) is 3.05. The fraction of sp³-hybridized carbons (Fsp3) is 0.632. The third kappa shape index (κ3) is 5.21. The molecule has 1 saturated heterocycles. The highest BCUT2D eigenvalue weighted by Gasteiger charge is 2.31. The Morgan fingerprint density at radius 1 is 1.25 bits per heavy atom. The Labute approximate surface area is 144 Å². The second-order valence-corrected chi connectivity index (χ2v) is 6.38. The normalized spacial score (nSPS) is 21.5. The topological polar surface area (TPSA) is 48.0 Å². The van der Waals surface area contributed by atoms with Crippen molar-refractivity contribution in [2.75, 3.05) is 41.0 Å². The van der Waals surface area contributed by atoms with Gasteiger partial charge in [-0.3, -0.25) is 9.69 Å². The van der Waals surface area contributed by atoms with Crippen molar-refractivity contribution in [1.82, 2.24) is 4.90 Å². The lowest BCUT2D eigenvalue weighted by Crippen LogP contribution is -2.38. The van der Waals surface area contributed by atoms with E-state index >= 15 is 0 Å². The zero-order chi connectivity index (χ0) is 17.4. The zero-order valence-corrected chi connectivity index (χ0v) is 15.0. The lowest BCUT2D eigenvalue weighted by atomic mass is 9.85. The number of methoxy groups -OCH3 is 2. The van der Waals surface area contributed by atoms with Crippen LogP contribution in [0.5, 0.6) is 5.75 Å². The molecule has 0 spiro atoms. The van der Waals surface area contributed by atoms with Crippen LogP contribution in [0.15, 0.2) is 24.3 Å². The summed E-state index contributed by atoms with van der Waals surface area (Å²) in [6, 6.07) is 8.48. The number of hydrogen-bond donors (Lipinski definition) is 0. The van der Waals surface area contributed by atoms with Gasteiger partial charge in [0.1, 0.15) is 5.75 Å². The van der Waals surface area contributed by atoms with Crippen molar-refractivity contribution in [2.24, 2.45) is 5.92 Å². The van der Waals surface area contributed by atoms with Crippen LogP contribution >= 0.6 is 0 Å². The van der Waals surface area contributed by atoms with Gasteiger partial charge in [-0.15, -0.1) is 0 Å². The SMILES string of the molecule is COCCCC(=O)OCC1CCCN(C)C1c1ccc(OC)cc1. The molecule has 1 heterocycles. The molecular weight excluding hydrogens is 306 g/mol. The number of carbonyl (C=O) groups is 1. The highest BCUT2D eigenvalue weighted by atomic mass is 16.5. The van der Waals surface area contributed by atoms with Crippen LogP contribution in [-0.2, 0) is 14.3 Å². The van der Waals surface area contributed by atoms with E-state index in [2.05, 4.69) is 24.1 Å². The summed E-state index contributed by atoms with van der Waals surface area (Å²) in [5.74, 6) is 1.05. The van der Waals surface area contributed by atoms with E-state index in [-0.39, 0.29) is 12.0 Å². The van der Waals surface area contributed by atoms with Crippen LogP contribution in [0.1, 0.15) is 37.3 Å². The summed E-state index contributed by atoms with van der Waals surface area (Å²) < 4.78 is 15.7. The van der Waals surface area contributed by atoms with Crippen LogP contribution in [0.25, 0.3) is 0 Å². The Morgan fingerprint density at radius 2 is 2.00 bits per heavy atom. The molecule has 5 nitrogen and oxygen atoms in total. The van der Waals surface area contributed by atoms with Crippen molar-refractivity contribution in [3.8, 4) is 5.75 Å². The largest absolute Gasteiger partial charge is 0.497 e. The molecule has 1 aromatic carbocycles. The van der Waals surface area contributed by atoms with E-state index in [0.717, 1.165) is 25.1 Å². The molecule has 0 amide bonds. The molecule has 0 saturated carbocycles. The summed E-state index contributed by atoms with van der Waals surface area (Å²) >= 11 is 0. The molecule has 134 valence electrons. The maximum atomic E-state index is 11.9. The Morgan fingerprint density at radius 3 is 2.67 bits per heavy atom. The van der Waals surface area contributed by atoms with E-state index in [1.54, 1.807) is 14.2 Å². The highest BCUT2D eigenvalue weighted by Crippen LogP contribution is 2.35. The van der Waals surface area contributed by atoms with Gasteiger partial charge in [-0.1, -0.05) is 12.1 Å². The van der Waals surface area contributed by atoms with Gasteiger partial charge in [-0.2, -0.15) is 0 Å². The third-order valence-corrected chi connectivity index (χ3v) is 4.65. The minimum absolute atomic E-state index is 0.131. The Hall–Kier alpha value is -1.59. The van der Waals surface area contributed by atoms with E-state index in [9.17, 15) is 4.79 Å². The summed E-state index contributed by atoms with van der Waals surface area (Å²) in [6.45, 7) is 2.14.